The molecule has 5 heteroatoms. The van der Waals surface area contributed by atoms with E-state index in [0.29, 0.717) is 11.7 Å². The van der Waals surface area contributed by atoms with Crippen LogP contribution in [0.5, 0.6) is 0 Å². The van der Waals surface area contributed by atoms with Gasteiger partial charge >= 0.3 is 0 Å². The van der Waals surface area contributed by atoms with Crippen LogP contribution in [-0.2, 0) is 5.41 Å². The molecule has 1 unspecified atom stereocenters. The Hall–Kier alpha value is -0.870. The van der Waals surface area contributed by atoms with Gasteiger partial charge in [-0.2, -0.15) is 0 Å². The molecule has 1 aliphatic rings. The molecule has 106 valence electrons. The van der Waals surface area contributed by atoms with E-state index in [-0.39, 0.29) is 11.5 Å². The number of nitrogens with zero attached hydrogens (tertiary/aromatic N) is 3. The van der Waals surface area contributed by atoms with Gasteiger partial charge < -0.3 is 10.0 Å². The lowest BCUT2D eigenvalue weighted by Gasteiger charge is -2.33. The molecule has 0 amide bonds. The van der Waals surface area contributed by atoms with Crippen LogP contribution in [0, 0.1) is 6.92 Å². The fraction of sp³-hybridized carbons (Fsp3) is 0.714. The van der Waals surface area contributed by atoms with Crippen molar-refractivity contribution in [2.75, 3.05) is 18.0 Å². The highest BCUT2D eigenvalue weighted by molar-refractivity contribution is 6.30. The number of aliphatic hydroxyl groups is 1. The molecule has 2 rings (SSSR count). The molecule has 0 radical (unpaired) electrons. The van der Waals surface area contributed by atoms with E-state index in [4.69, 9.17) is 11.6 Å². The van der Waals surface area contributed by atoms with Crippen LogP contribution in [0.3, 0.4) is 0 Å². The second kappa shape index (κ2) is 5.25. The number of piperidine rings is 1. The molecule has 19 heavy (non-hydrogen) atoms. The number of aromatic nitrogens is 2. The lowest BCUT2D eigenvalue weighted by atomic mass is 9.95. The van der Waals surface area contributed by atoms with Crippen molar-refractivity contribution < 1.29 is 5.11 Å². The number of halogens is 1. The number of aliphatic hydroxyl groups excluding tert-OH is 1. The summed E-state index contributed by atoms with van der Waals surface area (Å²) in [6.07, 6.45) is 1.56. The van der Waals surface area contributed by atoms with Crippen molar-refractivity contribution >= 4 is 17.4 Å². The van der Waals surface area contributed by atoms with Gasteiger partial charge in [-0.25, -0.2) is 9.97 Å². The van der Waals surface area contributed by atoms with Gasteiger partial charge in [-0.3, -0.25) is 0 Å². The first-order valence-corrected chi connectivity index (χ1v) is 7.14. The molecular formula is C14H22ClN3O. The van der Waals surface area contributed by atoms with E-state index in [1.807, 2.05) is 6.92 Å². The highest BCUT2D eigenvalue weighted by atomic mass is 35.5. The topological polar surface area (TPSA) is 49.2 Å². The number of anilines is 1. The fourth-order valence-corrected chi connectivity index (χ4v) is 2.43. The van der Waals surface area contributed by atoms with Gasteiger partial charge in [0.15, 0.2) is 0 Å². The number of hydrogen-bond donors (Lipinski definition) is 1. The minimum absolute atomic E-state index is 0.138. The molecule has 0 bridgehead atoms. The lowest BCUT2D eigenvalue weighted by Crippen LogP contribution is -2.39. The largest absolute Gasteiger partial charge is 0.391 e. The first-order chi connectivity index (χ1) is 8.79. The Balaban J connectivity index is 2.41. The zero-order chi connectivity index (χ0) is 14.2. The van der Waals surface area contributed by atoms with Crippen molar-refractivity contribution in [2.24, 2.45) is 0 Å². The Morgan fingerprint density at radius 2 is 2.00 bits per heavy atom. The fourth-order valence-electron chi connectivity index (χ4n) is 2.27. The predicted octanol–water partition coefficient (Wildman–Crippen LogP) is 2.70. The molecule has 1 aromatic rings. The van der Waals surface area contributed by atoms with E-state index in [2.05, 4.69) is 35.6 Å². The van der Waals surface area contributed by atoms with Gasteiger partial charge in [0.1, 0.15) is 16.8 Å². The van der Waals surface area contributed by atoms with Crippen molar-refractivity contribution in [3.05, 3.63) is 16.5 Å². The van der Waals surface area contributed by atoms with Crippen LogP contribution < -0.4 is 4.90 Å². The van der Waals surface area contributed by atoms with Crippen LogP contribution in [0.1, 0.15) is 45.0 Å². The minimum Gasteiger partial charge on any atom is -0.391 e. The van der Waals surface area contributed by atoms with Gasteiger partial charge in [0.25, 0.3) is 0 Å². The summed E-state index contributed by atoms with van der Waals surface area (Å²) < 4.78 is 0. The van der Waals surface area contributed by atoms with Gasteiger partial charge in [0.2, 0.25) is 0 Å². The third kappa shape index (κ3) is 3.18. The Bertz CT molecular complexity index is 470. The van der Waals surface area contributed by atoms with E-state index >= 15 is 0 Å². The van der Waals surface area contributed by atoms with Crippen LogP contribution >= 0.6 is 11.6 Å². The Labute approximate surface area is 119 Å². The smallest absolute Gasteiger partial charge is 0.137 e. The quantitative estimate of drug-likeness (QED) is 0.805. The number of hydrogen-bond acceptors (Lipinski definition) is 4. The van der Waals surface area contributed by atoms with Gasteiger partial charge in [-0.05, 0) is 19.8 Å². The van der Waals surface area contributed by atoms with Crippen LogP contribution in [0.4, 0.5) is 5.82 Å². The SMILES string of the molecule is Cc1c(Cl)nc(C(C)(C)C)nc1N1CCCC(O)C1. The first-order valence-electron chi connectivity index (χ1n) is 6.76. The molecule has 2 heterocycles. The van der Waals surface area contributed by atoms with Gasteiger partial charge in [0.05, 0.1) is 6.10 Å². The summed E-state index contributed by atoms with van der Waals surface area (Å²) in [6.45, 7) is 9.69. The first kappa shape index (κ1) is 14.5. The molecular weight excluding hydrogens is 262 g/mol. The normalized spacial score (nSPS) is 20.7. The zero-order valence-corrected chi connectivity index (χ0v) is 12.8. The van der Waals surface area contributed by atoms with E-state index in [0.717, 1.165) is 36.6 Å². The van der Waals surface area contributed by atoms with Crippen molar-refractivity contribution in [1.29, 1.82) is 0 Å². The van der Waals surface area contributed by atoms with Gasteiger partial charge in [-0.1, -0.05) is 32.4 Å². The van der Waals surface area contributed by atoms with Crippen LogP contribution in [0.2, 0.25) is 5.15 Å². The Morgan fingerprint density at radius 3 is 2.58 bits per heavy atom. The molecule has 1 atom stereocenters. The van der Waals surface area contributed by atoms with Crippen molar-refractivity contribution in [3.8, 4) is 0 Å². The summed E-state index contributed by atoms with van der Waals surface area (Å²) in [5, 5.41) is 10.3. The van der Waals surface area contributed by atoms with Crippen molar-refractivity contribution in [1.82, 2.24) is 9.97 Å². The third-order valence-corrected chi connectivity index (χ3v) is 3.80. The van der Waals surface area contributed by atoms with Crippen LogP contribution in [-0.4, -0.2) is 34.3 Å². The number of β-amino-alcohol motifs (C(OH)–C–C–N with tert-alkyl or cyclic N) is 1. The average Bonchev–Trinajstić information content (AvgIpc) is 2.31. The molecule has 0 spiro atoms. The molecule has 1 fully saturated rings. The molecule has 1 aromatic heterocycles. The van der Waals surface area contributed by atoms with Crippen molar-refractivity contribution in [2.45, 2.75) is 52.1 Å². The third-order valence-electron chi connectivity index (χ3n) is 3.43. The lowest BCUT2D eigenvalue weighted by molar-refractivity contribution is 0.153. The molecule has 1 N–H and O–H groups in total. The highest BCUT2D eigenvalue weighted by Gasteiger charge is 2.25. The monoisotopic (exact) mass is 283 g/mol. The van der Waals surface area contributed by atoms with E-state index in [9.17, 15) is 5.11 Å². The molecule has 1 saturated heterocycles. The molecule has 0 aliphatic carbocycles. The molecule has 0 aromatic carbocycles. The minimum atomic E-state index is -0.278. The van der Waals surface area contributed by atoms with Crippen molar-refractivity contribution in [3.63, 3.8) is 0 Å². The Kier molecular flexibility index (Phi) is 4.02. The van der Waals surface area contributed by atoms with Crippen LogP contribution in [0.15, 0.2) is 0 Å². The van der Waals surface area contributed by atoms with Gasteiger partial charge in [-0.15, -0.1) is 0 Å². The van der Waals surface area contributed by atoms with Crippen LogP contribution in [0.25, 0.3) is 0 Å². The highest BCUT2D eigenvalue weighted by Crippen LogP contribution is 2.29. The number of rotatable bonds is 1. The van der Waals surface area contributed by atoms with E-state index < -0.39 is 0 Å². The zero-order valence-electron chi connectivity index (χ0n) is 12.1. The maximum Gasteiger partial charge on any atom is 0.137 e. The summed E-state index contributed by atoms with van der Waals surface area (Å²) in [5.74, 6) is 1.61. The summed E-state index contributed by atoms with van der Waals surface area (Å²) >= 11 is 6.24. The van der Waals surface area contributed by atoms with E-state index in [1.54, 1.807) is 0 Å². The van der Waals surface area contributed by atoms with Gasteiger partial charge in [0, 0.05) is 24.1 Å². The summed E-state index contributed by atoms with van der Waals surface area (Å²) in [4.78, 5) is 11.2. The summed E-state index contributed by atoms with van der Waals surface area (Å²) in [6, 6.07) is 0. The maximum absolute atomic E-state index is 9.81. The second-order valence-electron chi connectivity index (χ2n) is 6.28. The standard InChI is InChI=1S/C14H22ClN3O/c1-9-11(15)16-13(14(2,3)4)17-12(9)18-7-5-6-10(19)8-18/h10,19H,5-8H2,1-4H3. The Morgan fingerprint density at radius 1 is 1.32 bits per heavy atom. The summed E-state index contributed by atoms with van der Waals surface area (Å²) in [7, 11) is 0. The second-order valence-corrected chi connectivity index (χ2v) is 6.64. The molecule has 1 aliphatic heterocycles. The van der Waals surface area contributed by atoms with E-state index in [1.165, 1.54) is 0 Å². The molecule has 0 saturated carbocycles. The maximum atomic E-state index is 9.81. The molecule has 4 nitrogen and oxygen atoms in total. The average molecular weight is 284 g/mol. The predicted molar refractivity (Wildman–Crippen MR) is 77.9 cm³/mol. The summed E-state index contributed by atoms with van der Waals surface area (Å²) in [5.41, 5.74) is 0.754.